The highest BCUT2D eigenvalue weighted by Crippen LogP contribution is 2.69. The van der Waals surface area contributed by atoms with E-state index in [0.717, 1.165) is 116 Å². The average Bonchev–Trinajstić information content (AvgIpc) is 4.23. The number of ether oxygens (including phenoxy) is 5. The highest BCUT2D eigenvalue weighted by atomic mass is 16.6. The summed E-state index contributed by atoms with van der Waals surface area (Å²) >= 11 is 0. The number of fused-ring (bicyclic) bond motifs is 25. The molecule has 15 aliphatic rings. The molecule has 1 spiro atoms. The fourth-order valence-electron chi connectivity index (χ4n) is 20.6. The van der Waals surface area contributed by atoms with Crippen LogP contribution >= 0.6 is 0 Å². The van der Waals surface area contributed by atoms with Crippen molar-refractivity contribution in [2.45, 2.75) is 167 Å². The Bertz CT molecular complexity index is 2370. The van der Waals surface area contributed by atoms with Crippen LogP contribution in [0.15, 0.2) is 48.6 Å². The fraction of sp³-hybridized carbons (Fsp3) is 0.797. The molecule has 11 heteroatoms. The van der Waals surface area contributed by atoms with Crippen LogP contribution in [0.2, 0.25) is 0 Å². The molecule has 75 heavy (non-hydrogen) atoms. The molecule has 0 aromatic heterocycles. The van der Waals surface area contributed by atoms with Crippen LogP contribution in [-0.4, -0.2) is 71.6 Å². The molecule has 1 heterocycles. The number of hydrogen-bond donors (Lipinski definition) is 1. The molecule has 10 saturated carbocycles. The molecular formula is C64H88O11. The van der Waals surface area contributed by atoms with Crippen LogP contribution in [0, 0.1) is 130 Å². The predicted molar refractivity (Wildman–Crippen MR) is 280 cm³/mol. The van der Waals surface area contributed by atoms with Crippen LogP contribution < -0.4 is 0 Å². The lowest BCUT2D eigenvalue weighted by Crippen LogP contribution is -2.46. The monoisotopic (exact) mass is 1030 g/mol. The van der Waals surface area contributed by atoms with Gasteiger partial charge in [-0.05, 0) is 243 Å². The lowest BCUT2D eigenvalue weighted by Gasteiger charge is -2.43. The third-order valence-electron chi connectivity index (χ3n) is 23.3. The lowest BCUT2D eigenvalue weighted by atomic mass is 9.65. The van der Waals surface area contributed by atoms with Crippen molar-refractivity contribution in [1.29, 1.82) is 0 Å². The summed E-state index contributed by atoms with van der Waals surface area (Å²) in [6, 6.07) is 0. The summed E-state index contributed by atoms with van der Waals surface area (Å²) in [5, 5.41) is 11.4. The number of rotatable bonds is 10. The van der Waals surface area contributed by atoms with Gasteiger partial charge in [-0.25, -0.2) is 0 Å². The first kappa shape index (κ1) is 52.0. The van der Waals surface area contributed by atoms with Crippen molar-refractivity contribution in [3.05, 3.63) is 48.6 Å². The highest BCUT2D eigenvalue weighted by molar-refractivity contribution is 5.80. The van der Waals surface area contributed by atoms with Crippen LogP contribution in [0.3, 0.4) is 0 Å². The predicted octanol–water partition coefficient (Wildman–Crippen LogP) is 11.0. The minimum Gasteiger partial charge on any atom is -0.465 e. The minimum absolute atomic E-state index is 0.0207. The van der Waals surface area contributed by atoms with Crippen LogP contribution in [0.4, 0.5) is 0 Å². The summed E-state index contributed by atoms with van der Waals surface area (Å²) < 4.78 is 26.7. The van der Waals surface area contributed by atoms with Crippen molar-refractivity contribution in [2.24, 2.45) is 130 Å². The Balaban J connectivity index is 0.000000106. The molecule has 11 nitrogen and oxygen atoms in total. The fourth-order valence-corrected chi connectivity index (χ4v) is 20.6. The molecule has 24 atom stereocenters. The van der Waals surface area contributed by atoms with Gasteiger partial charge in [-0.15, -0.1) is 0 Å². The van der Waals surface area contributed by atoms with E-state index < -0.39 is 5.60 Å². The topological polar surface area (TPSA) is 152 Å². The molecule has 14 aliphatic carbocycles. The summed E-state index contributed by atoms with van der Waals surface area (Å²) in [6.07, 6.45) is 37.2. The smallest absolute Gasteiger partial charge is 0.312 e. The molecule has 14 bridgehead atoms. The Kier molecular flexibility index (Phi) is 13.6. The maximum atomic E-state index is 13.0. The molecular weight excluding hydrogens is 945 g/mol. The second-order valence-electron chi connectivity index (χ2n) is 28.4. The first-order chi connectivity index (χ1) is 35.8. The van der Waals surface area contributed by atoms with E-state index in [-0.39, 0.29) is 83.9 Å². The van der Waals surface area contributed by atoms with E-state index in [4.69, 9.17) is 18.9 Å². The Morgan fingerprint density at radius 3 is 1.88 bits per heavy atom. The number of cyclic esters (lactones) is 1. The van der Waals surface area contributed by atoms with Gasteiger partial charge in [-0.3, -0.25) is 24.0 Å². The number of allylic oxidation sites excluding steroid dienone is 8. The largest absolute Gasteiger partial charge is 0.465 e. The first-order valence-electron chi connectivity index (χ1n) is 30.2. The number of carbonyl (C=O) groups is 5. The summed E-state index contributed by atoms with van der Waals surface area (Å²) in [5.41, 5.74) is -1.57. The lowest BCUT2D eigenvalue weighted by molar-refractivity contribution is -0.174. The molecule has 24 unspecified atom stereocenters. The molecule has 410 valence electrons. The maximum absolute atomic E-state index is 13.0. The zero-order valence-electron chi connectivity index (χ0n) is 45.9. The van der Waals surface area contributed by atoms with E-state index in [9.17, 15) is 29.1 Å². The second kappa shape index (κ2) is 19.6. The van der Waals surface area contributed by atoms with Crippen molar-refractivity contribution in [1.82, 2.24) is 0 Å². The Morgan fingerprint density at radius 1 is 0.667 bits per heavy atom. The third-order valence-corrected chi connectivity index (χ3v) is 23.3. The van der Waals surface area contributed by atoms with Crippen molar-refractivity contribution in [3.63, 3.8) is 0 Å². The van der Waals surface area contributed by atoms with Gasteiger partial charge in [0.25, 0.3) is 0 Å². The standard InChI is InChI=1S/C25H36O3.C17H24O2.C12H16O4.C10H12O2/c1-3-25(12-14-4-7-18(25)8-14)28-21(26)13-24(2,27)20-11-17-10-19(20)23-16-6-5-15(9-16)22(17)23;1-17(2,3)19-16(18)13-8-11-7-12(13)15-10-5-4-9(6-10)14(11)15;1-8(13)15-4-5-16-12(14)11-7-9-2-3-10(11)6-9;11-9-10(3-4-12-9)6-7-1-2-8(10)5-7/h5-6,14-20,22-23,27H,3-4,7-13H2,1-2H3;4-5,9-15H,6-8H2,1-3H3;2-3,9-11H,4-7H2,1H3;1-2,7-8H,3-6H2. The molecule has 1 N–H and O–H groups in total. The van der Waals surface area contributed by atoms with Crippen molar-refractivity contribution in [3.8, 4) is 0 Å². The third kappa shape index (κ3) is 9.34. The van der Waals surface area contributed by atoms with Crippen LogP contribution in [0.25, 0.3) is 0 Å². The summed E-state index contributed by atoms with van der Waals surface area (Å²) in [7, 11) is 0. The van der Waals surface area contributed by atoms with Gasteiger partial charge in [0.2, 0.25) is 0 Å². The van der Waals surface area contributed by atoms with Gasteiger partial charge in [-0.2, -0.15) is 0 Å². The van der Waals surface area contributed by atoms with Gasteiger partial charge in [0, 0.05) is 6.92 Å². The average molecular weight is 1030 g/mol. The quantitative estimate of drug-likeness (QED) is 0.0732. The van der Waals surface area contributed by atoms with Crippen LogP contribution in [-0.2, 0) is 47.7 Å². The summed E-state index contributed by atoms with van der Waals surface area (Å²) in [5.74, 6) is 12.7. The van der Waals surface area contributed by atoms with Crippen molar-refractivity contribution >= 4 is 29.8 Å². The molecule has 0 aromatic carbocycles. The Hall–Kier alpha value is -3.73. The van der Waals surface area contributed by atoms with E-state index in [0.29, 0.717) is 48.0 Å². The summed E-state index contributed by atoms with van der Waals surface area (Å²) in [4.78, 5) is 59.1. The van der Waals surface area contributed by atoms with Crippen LogP contribution in [0.1, 0.15) is 151 Å². The van der Waals surface area contributed by atoms with Gasteiger partial charge in [0.15, 0.2) is 0 Å². The number of carbonyl (C=O) groups excluding carboxylic acids is 5. The number of aliphatic hydroxyl groups is 1. The molecule has 1 saturated heterocycles. The Labute approximate surface area is 446 Å². The maximum Gasteiger partial charge on any atom is 0.312 e. The van der Waals surface area contributed by atoms with E-state index in [1.807, 2.05) is 27.7 Å². The van der Waals surface area contributed by atoms with E-state index >= 15 is 0 Å². The highest BCUT2D eigenvalue weighted by Gasteiger charge is 2.65. The number of esters is 5. The number of hydrogen-bond acceptors (Lipinski definition) is 11. The molecule has 0 aromatic rings. The molecule has 1 aliphatic heterocycles. The second-order valence-corrected chi connectivity index (χ2v) is 28.4. The molecule has 11 fully saturated rings. The van der Waals surface area contributed by atoms with Gasteiger partial charge < -0.3 is 28.8 Å². The zero-order chi connectivity index (χ0) is 52.3. The van der Waals surface area contributed by atoms with E-state index in [1.54, 1.807) is 0 Å². The van der Waals surface area contributed by atoms with Crippen molar-refractivity contribution in [2.75, 3.05) is 19.8 Å². The molecule has 0 radical (unpaired) electrons. The minimum atomic E-state index is -0.917. The Morgan fingerprint density at radius 2 is 1.32 bits per heavy atom. The van der Waals surface area contributed by atoms with Gasteiger partial charge in [0.05, 0.1) is 35.9 Å². The van der Waals surface area contributed by atoms with Gasteiger partial charge >= 0.3 is 29.8 Å². The van der Waals surface area contributed by atoms with Crippen molar-refractivity contribution < 1.29 is 52.8 Å². The summed E-state index contributed by atoms with van der Waals surface area (Å²) in [6.45, 7) is 12.3. The van der Waals surface area contributed by atoms with E-state index in [1.165, 1.54) is 58.3 Å². The normalized spacial score (nSPS) is 47.2. The zero-order valence-corrected chi connectivity index (χ0v) is 45.9. The molecule has 0 amide bonds. The van der Waals surface area contributed by atoms with E-state index in [2.05, 4.69) is 60.3 Å². The first-order valence-corrected chi connectivity index (χ1v) is 30.2. The molecule has 15 rings (SSSR count). The van der Waals surface area contributed by atoms with Gasteiger partial charge in [-0.1, -0.05) is 55.5 Å². The van der Waals surface area contributed by atoms with Crippen LogP contribution in [0.5, 0.6) is 0 Å². The SMILES string of the molecule is CC(=O)OCCOC(=O)C1CC2C=CC1C2.CC(C)(C)OC(=O)C1CC2CC1C1C3C=CC(C3)C21.CCC1(OC(=O)CC(C)(O)C2CC3CC2C2C4C=CC(C4)C32)CC2CCC1C2.O=C1OCCC12CC1C=CC2C1. The van der Waals surface area contributed by atoms with Gasteiger partial charge in [0.1, 0.15) is 24.4 Å².